The molecule has 0 saturated heterocycles. The first-order valence-corrected chi connectivity index (χ1v) is 4.81. The molecule has 0 atom stereocenters. The number of rotatable bonds is 0. The molecule has 2 aliphatic rings. The highest BCUT2D eigenvalue weighted by atomic mass is 16.0. The highest BCUT2D eigenvalue weighted by Gasteiger charge is 2.33. The van der Waals surface area contributed by atoms with Gasteiger partial charge in [0.05, 0.1) is 24.5 Å². The molecule has 4 rings (SSSR count). The minimum atomic E-state index is 1.01. The number of hydrogen-bond donors (Lipinski definition) is 0. The lowest BCUT2D eigenvalue weighted by Gasteiger charge is -2.23. The van der Waals surface area contributed by atoms with Gasteiger partial charge >= 0.3 is 0 Å². The molecule has 0 aliphatic carbocycles. The molecule has 4 heterocycles. The molecule has 0 fully saturated rings. The van der Waals surface area contributed by atoms with Crippen LogP contribution in [0.2, 0.25) is 0 Å². The van der Waals surface area contributed by atoms with Crippen molar-refractivity contribution in [1.82, 2.24) is 14.4 Å². The third-order valence-electron chi connectivity index (χ3n) is 2.95. The van der Waals surface area contributed by atoms with Crippen molar-refractivity contribution in [2.45, 2.75) is 13.1 Å². The summed E-state index contributed by atoms with van der Waals surface area (Å²) in [6.45, 7) is 2.02. The Morgan fingerprint density at radius 2 is 1.43 bits per heavy atom. The van der Waals surface area contributed by atoms with E-state index in [0.717, 1.165) is 13.1 Å². The second-order valence-corrected chi connectivity index (χ2v) is 3.78. The van der Waals surface area contributed by atoms with E-state index in [0.29, 0.717) is 0 Å². The van der Waals surface area contributed by atoms with Crippen LogP contribution < -0.4 is 5.23 Å². The molecule has 14 heavy (non-hydrogen) atoms. The lowest BCUT2D eigenvalue weighted by atomic mass is 10.4. The molecule has 4 heteroatoms. The first kappa shape index (κ1) is 6.73. The van der Waals surface area contributed by atoms with Gasteiger partial charge in [-0.1, -0.05) is 0 Å². The average Bonchev–Trinajstić information content (AvgIpc) is 2.77. The van der Waals surface area contributed by atoms with Crippen molar-refractivity contribution >= 4 is 0 Å². The molecule has 4 nitrogen and oxygen atoms in total. The van der Waals surface area contributed by atoms with Crippen LogP contribution in [0.15, 0.2) is 36.7 Å². The predicted octanol–water partition coefficient (Wildman–Crippen LogP) is 0.935. The van der Waals surface area contributed by atoms with Crippen LogP contribution in [0.4, 0.5) is 0 Å². The number of hydrogen-bond acceptors (Lipinski definition) is 2. The van der Waals surface area contributed by atoms with Crippen LogP contribution in [-0.4, -0.2) is 14.4 Å². The van der Waals surface area contributed by atoms with Gasteiger partial charge < -0.3 is 0 Å². The van der Waals surface area contributed by atoms with Gasteiger partial charge in [0, 0.05) is 12.4 Å². The van der Waals surface area contributed by atoms with Crippen molar-refractivity contribution in [3.8, 4) is 0 Å². The molecular weight excluding hydrogens is 176 g/mol. The summed E-state index contributed by atoms with van der Waals surface area (Å²) >= 11 is 0. The predicted molar refractivity (Wildman–Crippen MR) is 51.7 cm³/mol. The van der Waals surface area contributed by atoms with Crippen molar-refractivity contribution in [3.63, 3.8) is 0 Å². The minimum absolute atomic E-state index is 1.01. The molecule has 0 spiro atoms. The van der Waals surface area contributed by atoms with Crippen LogP contribution in [0.3, 0.4) is 0 Å². The third kappa shape index (κ3) is 0.610. The monoisotopic (exact) mass is 186 g/mol. The fourth-order valence-corrected chi connectivity index (χ4v) is 2.35. The first-order chi connectivity index (χ1) is 6.93. The summed E-state index contributed by atoms with van der Waals surface area (Å²) in [4.78, 5) is 0. The zero-order chi connectivity index (χ0) is 9.12. The molecule has 70 valence electrons. The highest BCUT2D eigenvalue weighted by molar-refractivity contribution is 5.22. The summed E-state index contributed by atoms with van der Waals surface area (Å²) in [5.41, 5.74) is 2.70. The average molecular weight is 186 g/mol. The zero-order valence-electron chi connectivity index (χ0n) is 7.67. The first-order valence-electron chi connectivity index (χ1n) is 4.81. The zero-order valence-corrected chi connectivity index (χ0v) is 7.67. The normalized spacial score (nSPS) is 18.4. The van der Waals surface area contributed by atoms with E-state index in [-0.39, 0.29) is 0 Å². The van der Waals surface area contributed by atoms with Crippen LogP contribution in [0.1, 0.15) is 11.4 Å². The Bertz CT molecular complexity index is 451. The summed E-state index contributed by atoms with van der Waals surface area (Å²) in [7, 11) is 0. The maximum atomic E-state index is 2.32. The van der Waals surface area contributed by atoms with Crippen LogP contribution in [0.5, 0.6) is 0 Å². The van der Waals surface area contributed by atoms with Gasteiger partial charge in [0.2, 0.25) is 0 Å². The molecule has 0 unspecified atom stereocenters. The van der Waals surface area contributed by atoms with Gasteiger partial charge in [-0.2, -0.15) is 5.01 Å². The summed E-state index contributed by atoms with van der Waals surface area (Å²) < 4.78 is 4.38. The van der Waals surface area contributed by atoms with E-state index in [1.54, 1.807) is 0 Å². The molecule has 0 N–H and O–H groups in total. The summed E-state index contributed by atoms with van der Waals surface area (Å²) in [5.74, 6) is 0. The highest BCUT2D eigenvalue weighted by Crippen LogP contribution is 2.26. The van der Waals surface area contributed by atoms with E-state index < -0.39 is 0 Å². The van der Waals surface area contributed by atoms with Crippen molar-refractivity contribution in [2.24, 2.45) is 0 Å². The van der Waals surface area contributed by atoms with Gasteiger partial charge in [-0.15, -0.1) is 5.23 Å². The number of aromatic nitrogens is 2. The Hall–Kier alpha value is -1.68. The molecule has 2 aromatic rings. The van der Waals surface area contributed by atoms with E-state index in [4.69, 9.17) is 0 Å². The lowest BCUT2D eigenvalue weighted by Crippen LogP contribution is -2.40. The second kappa shape index (κ2) is 2.04. The molecule has 0 saturated carbocycles. The van der Waals surface area contributed by atoms with Gasteiger partial charge in [0.25, 0.3) is 0 Å². The Balaban J connectivity index is 1.95. The van der Waals surface area contributed by atoms with E-state index >= 15 is 0 Å². The smallest absolute Gasteiger partial charge is 0.0645 e. The molecule has 0 radical (unpaired) electrons. The largest absolute Gasteiger partial charge is 0.234 e. The van der Waals surface area contributed by atoms with Crippen molar-refractivity contribution in [1.29, 1.82) is 0 Å². The molecule has 0 amide bonds. The Labute approximate surface area is 81.5 Å². The van der Waals surface area contributed by atoms with Gasteiger partial charge in [-0.25, -0.2) is 9.35 Å². The SMILES string of the molecule is c1cc2n(c1)N1N(C2)Cc2cccn21. The maximum absolute atomic E-state index is 2.32. The summed E-state index contributed by atoms with van der Waals surface area (Å²) in [5, 5.41) is 4.51. The van der Waals surface area contributed by atoms with E-state index in [1.165, 1.54) is 11.4 Å². The summed E-state index contributed by atoms with van der Waals surface area (Å²) in [6.07, 6.45) is 4.20. The van der Waals surface area contributed by atoms with Crippen molar-refractivity contribution < 1.29 is 0 Å². The topological polar surface area (TPSA) is 16.3 Å². The lowest BCUT2D eigenvalue weighted by molar-refractivity contribution is 0.237. The van der Waals surface area contributed by atoms with Gasteiger partial charge in [-0.3, -0.25) is 0 Å². The Morgan fingerprint density at radius 1 is 0.857 bits per heavy atom. The van der Waals surface area contributed by atoms with Crippen molar-refractivity contribution in [3.05, 3.63) is 48.0 Å². The second-order valence-electron chi connectivity index (χ2n) is 3.78. The van der Waals surface area contributed by atoms with E-state index in [1.807, 2.05) is 0 Å². The fraction of sp³-hybridized carbons (Fsp3) is 0.200. The number of nitrogens with zero attached hydrogens (tertiary/aromatic N) is 4. The van der Waals surface area contributed by atoms with Crippen LogP contribution in [-0.2, 0) is 13.1 Å². The quantitative estimate of drug-likeness (QED) is 0.608. The van der Waals surface area contributed by atoms with Gasteiger partial charge in [0.15, 0.2) is 0 Å². The van der Waals surface area contributed by atoms with E-state index in [2.05, 4.69) is 56.2 Å². The molecule has 2 aromatic heterocycles. The van der Waals surface area contributed by atoms with E-state index in [9.17, 15) is 0 Å². The maximum Gasteiger partial charge on any atom is 0.0645 e. The van der Waals surface area contributed by atoms with Crippen LogP contribution in [0.25, 0.3) is 0 Å². The van der Waals surface area contributed by atoms with Gasteiger partial charge in [-0.05, 0) is 24.3 Å². The molecule has 2 aliphatic heterocycles. The fourth-order valence-electron chi connectivity index (χ4n) is 2.35. The van der Waals surface area contributed by atoms with Crippen LogP contribution >= 0.6 is 0 Å². The van der Waals surface area contributed by atoms with Gasteiger partial charge in [0.1, 0.15) is 0 Å². The van der Waals surface area contributed by atoms with Crippen molar-refractivity contribution in [2.75, 3.05) is 5.23 Å². The molecule has 0 bridgehead atoms. The Kier molecular flexibility index (Phi) is 0.979. The molecular formula is C10H10N4. The van der Waals surface area contributed by atoms with Crippen LogP contribution in [0, 0.1) is 0 Å². The third-order valence-corrected chi connectivity index (χ3v) is 2.95. The summed E-state index contributed by atoms with van der Waals surface area (Å²) in [6, 6.07) is 8.52. The molecule has 0 aromatic carbocycles. The number of fused-ring (bicyclic) bond motifs is 5. The number of hydrazine groups is 1. The standard InChI is InChI=1S/C10H10N4/c1-3-9-7-11-8-10-4-2-6-13(10)14(11)12(9)5-1/h1-6H,7-8H2. The Morgan fingerprint density at radius 3 is 2.00 bits per heavy atom. The minimum Gasteiger partial charge on any atom is -0.234 e.